The molecule has 1 N–H and O–H groups in total. The van der Waals surface area contributed by atoms with Crippen LogP contribution in [-0.4, -0.2) is 42.4 Å². The maximum atomic E-state index is 9.13. The lowest BCUT2D eigenvalue weighted by Gasteiger charge is -2.27. The Bertz CT molecular complexity index is 574. The van der Waals surface area contributed by atoms with E-state index < -0.39 is 0 Å². The van der Waals surface area contributed by atoms with E-state index in [9.17, 15) is 0 Å². The van der Waals surface area contributed by atoms with Gasteiger partial charge in [0.05, 0.1) is 24.5 Å². The molecule has 0 fully saturated rings. The monoisotopic (exact) mass is 275 g/mol. The fourth-order valence-electron chi connectivity index (χ4n) is 2.75. The Morgan fingerprint density at radius 1 is 1.30 bits per heavy atom. The lowest BCUT2D eigenvalue weighted by Crippen LogP contribution is -2.34. The third-order valence-corrected chi connectivity index (χ3v) is 3.89. The first kappa shape index (κ1) is 13.3. The van der Waals surface area contributed by atoms with Crippen molar-refractivity contribution in [2.24, 2.45) is 0 Å². The van der Waals surface area contributed by atoms with Crippen LogP contribution in [0.2, 0.25) is 0 Å². The van der Waals surface area contributed by atoms with Crippen LogP contribution in [0.5, 0.6) is 0 Å². The van der Waals surface area contributed by atoms with Crippen molar-refractivity contribution in [3.05, 3.63) is 35.7 Å². The number of aromatic nitrogens is 4. The van der Waals surface area contributed by atoms with E-state index in [1.165, 1.54) is 5.69 Å². The number of hydrogen-bond acceptors (Lipinski definition) is 4. The second kappa shape index (κ2) is 5.76. The highest BCUT2D eigenvalue weighted by molar-refractivity contribution is 5.11. The summed E-state index contributed by atoms with van der Waals surface area (Å²) in [6, 6.07) is 2.01. The van der Waals surface area contributed by atoms with E-state index in [0.29, 0.717) is 0 Å². The van der Waals surface area contributed by atoms with Crippen LogP contribution >= 0.6 is 0 Å². The SMILES string of the molecule is Cc1nccn1CCCN1CCn2nc(CO)cc2C1. The molecule has 0 radical (unpaired) electrons. The highest BCUT2D eigenvalue weighted by Crippen LogP contribution is 2.14. The average Bonchev–Trinajstić information content (AvgIpc) is 3.04. The molecule has 20 heavy (non-hydrogen) atoms. The summed E-state index contributed by atoms with van der Waals surface area (Å²) in [7, 11) is 0. The molecule has 0 atom stereocenters. The van der Waals surface area contributed by atoms with E-state index in [0.717, 1.165) is 50.7 Å². The molecule has 108 valence electrons. The van der Waals surface area contributed by atoms with Gasteiger partial charge >= 0.3 is 0 Å². The summed E-state index contributed by atoms with van der Waals surface area (Å²) in [5.41, 5.74) is 1.98. The van der Waals surface area contributed by atoms with Gasteiger partial charge in [-0.1, -0.05) is 0 Å². The molecule has 0 bridgehead atoms. The molecule has 0 saturated heterocycles. The molecule has 0 aliphatic carbocycles. The first-order valence-corrected chi connectivity index (χ1v) is 7.13. The second-order valence-corrected chi connectivity index (χ2v) is 5.31. The van der Waals surface area contributed by atoms with Crippen LogP contribution in [0.4, 0.5) is 0 Å². The molecule has 6 heteroatoms. The van der Waals surface area contributed by atoms with E-state index in [2.05, 4.69) is 19.5 Å². The summed E-state index contributed by atoms with van der Waals surface area (Å²) < 4.78 is 4.21. The summed E-state index contributed by atoms with van der Waals surface area (Å²) in [6.07, 6.45) is 5.01. The molecule has 3 heterocycles. The molecular formula is C14H21N5O. The van der Waals surface area contributed by atoms with Crippen LogP contribution < -0.4 is 0 Å². The minimum Gasteiger partial charge on any atom is -0.390 e. The third kappa shape index (κ3) is 2.76. The first-order chi connectivity index (χ1) is 9.76. The minimum absolute atomic E-state index is 0.0277. The number of rotatable bonds is 5. The van der Waals surface area contributed by atoms with Crippen LogP contribution in [0, 0.1) is 6.92 Å². The van der Waals surface area contributed by atoms with Crippen LogP contribution in [-0.2, 0) is 26.2 Å². The molecule has 1 aliphatic rings. The van der Waals surface area contributed by atoms with Gasteiger partial charge in [0.25, 0.3) is 0 Å². The van der Waals surface area contributed by atoms with Gasteiger partial charge in [-0.2, -0.15) is 5.10 Å². The quantitative estimate of drug-likeness (QED) is 0.876. The molecule has 0 unspecified atom stereocenters. The number of fused-ring (bicyclic) bond motifs is 1. The smallest absolute Gasteiger partial charge is 0.105 e. The Labute approximate surface area is 118 Å². The second-order valence-electron chi connectivity index (χ2n) is 5.31. The first-order valence-electron chi connectivity index (χ1n) is 7.13. The zero-order valence-corrected chi connectivity index (χ0v) is 11.9. The van der Waals surface area contributed by atoms with Crippen molar-refractivity contribution < 1.29 is 5.11 Å². The van der Waals surface area contributed by atoms with E-state index in [1.807, 2.05) is 30.1 Å². The van der Waals surface area contributed by atoms with Gasteiger partial charge in [0, 0.05) is 38.6 Å². The van der Waals surface area contributed by atoms with Gasteiger partial charge in [0.2, 0.25) is 0 Å². The van der Waals surface area contributed by atoms with E-state index in [-0.39, 0.29) is 6.61 Å². The van der Waals surface area contributed by atoms with E-state index >= 15 is 0 Å². The molecule has 2 aromatic rings. The number of nitrogens with zero attached hydrogens (tertiary/aromatic N) is 5. The summed E-state index contributed by atoms with van der Waals surface area (Å²) >= 11 is 0. The van der Waals surface area contributed by atoms with Crippen molar-refractivity contribution in [3.8, 4) is 0 Å². The molecule has 0 saturated carbocycles. The van der Waals surface area contributed by atoms with Crippen LogP contribution in [0.25, 0.3) is 0 Å². The predicted octanol–water partition coefficient (Wildman–Crippen LogP) is 0.786. The standard InChI is InChI=1S/C14H21N5O/c1-12-15-3-6-18(12)5-2-4-17-7-8-19-14(10-17)9-13(11-20)16-19/h3,6,9,20H,2,4-5,7-8,10-11H2,1H3. The number of aryl methyl sites for hydroxylation is 2. The average molecular weight is 275 g/mol. The number of aliphatic hydroxyl groups is 1. The van der Waals surface area contributed by atoms with Gasteiger partial charge < -0.3 is 9.67 Å². The van der Waals surface area contributed by atoms with Crippen LogP contribution in [0.1, 0.15) is 23.6 Å². The highest BCUT2D eigenvalue weighted by Gasteiger charge is 2.17. The van der Waals surface area contributed by atoms with Gasteiger partial charge in [-0.25, -0.2) is 4.98 Å². The van der Waals surface area contributed by atoms with Crippen LogP contribution in [0.15, 0.2) is 18.5 Å². The molecule has 0 spiro atoms. The molecule has 2 aromatic heterocycles. The lowest BCUT2D eigenvalue weighted by molar-refractivity contribution is 0.207. The Morgan fingerprint density at radius 3 is 2.95 bits per heavy atom. The Kier molecular flexibility index (Phi) is 3.84. The third-order valence-electron chi connectivity index (χ3n) is 3.89. The topological polar surface area (TPSA) is 59.1 Å². The Morgan fingerprint density at radius 2 is 2.20 bits per heavy atom. The summed E-state index contributed by atoms with van der Waals surface area (Å²) in [6.45, 7) is 7.04. The fourth-order valence-corrected chi connectivity index (χ4v) is 2.75. The Balaban J connectivity index is 1.51. The molecule has 3 rings (SSSR count). The van der Waals surface area contributed by atoms with Crippen LogP contribution in [0.3, 0.4) is 0 Å². The van der Waals surface area contributed by atoms with Crippen molar-refractivity contribution in [1.29, 1.82) is 0 Å². The molecule has 1 aliphatic heterocycles. The molecule has 0 aromatic carbocycles. The van der Waals surface area contributed by atoms with Crippen molar-refractivity contribution in [1.82, 2.24) is 24.2 Å². The number of imidazole rings is 1. The summed E-state index contributed by atoms with van der Waals surface area (Å²) in [5, 5.41) is 13.5. The number of hydrogen-bond donors (Lipinski definition) is 1. The highest BCUT2D eigenvalue weighted by atomic mass is 16.3. The zero-order chi connectivity index (χ0) is 13.9. The van der Waals surface area contributed by atoms with Gasteiger partial charge in [-0.05, 0) is 19.4 Å². The van der Waals surface area contributed by atoms with Crippen molar-refractivity contribution >= 4 is 0 Å². The van der Waals surface area contributed by atoms with E-state index in [4.69, 9.17) is 5.11 Å². The zero-order valence-electron chi connectivity index (χ0n) is 11.9. The predicted molar refractivity (Wildman–Crippen MR) is 75.0 cm³/mol. The Hall–Kier alpha value is -1.66. The summed E-state index contributed by atoms with van der Waals surface area (Å²) in [4.78, 5) is 6.69. The minimum atomic E-state index is 0.0277. The molecular weight excluding hydrogens is 254 g/mol. The van der Waals surface area contributed by atoms with Gasteiger partial charge in [0.1, 0.15) is 5.82 Å². The molecule has 0 amide bonds. The fraction of sp³-hybridized carbons (Fsp3) is 0.571. The van der Waals surface area contributed by atoms with Gasteiger partial charge in [-0.15, -0.1) is 0 Å². The van der Waals surface area contributed by atoms with E-state index in [1.54, 1.807) is 0 Å². The van der Waals surface area contributed by atoms with Crippen molar-refractivity contribution in [3.63, 3.8) is 0 Å². The maximum Gasteiger partial charge on any atom is 0.105 e. The van der Waals surface area contributed by atoms with Crippen molar-refractivity contribution in [2.45, 2.75) is 39.6 Å². The number of aliphatic hydroxyl groups excluding tert-OH is 1. The molecule has 6 nitrogen and oxygen atoms in total. The van der Waals surface area contributed by atoms with Crippen molar-refractivity contribution in [2.75, 3.05) is 13.1 Å². The van der Waals surface area contributed by atoms with Gasteiger partial charge in [0.15, 0.2) is 0 Å². The summed E-state index contributed by atoms with van der Waals surface area (Å²) in [5.74, 6) is 1.08. The normalized spacial score (nSPS) is 15.5. The maximum absolute atomic E-state index is 9.13. The lowest BCUT2D eigenvalue weighted by atomic mass is 10.2. The van der Waals surface area contributed by atoms with Gasteiger partial charge in [-0.3, -0.25) is 9.58 Å². The largest absolute Gasteiger partial charge is 0.390 e.